The van der Waals surface area contributed by atoms with E-state index < -0.39 is 0 Å². The van der Waals surface area contributed by atoms with Gasteiger partial charge in [-0.1, -0.05) is 59.8 Å². The van der Waals surface area contributed by atoms with Crippen LogP contribution in [-0.2, 0) is 0 Å². The number of hydrogen-bond acceptors (Lipinski definition) is 0. The Morgan fingerprint density at radius 1 is 0.706 bits per heavy atom. The minimum Gasteiger partial charge on any atom is -0.0625 e. The van der Waals surface area contributed by atoms with Crippen molar-refractivity contribution in [1.82, 2.24) is 0 Å². The zero-order chi connectivity index (χ0) is 12.4. The van der Waals surface area contributed by atoms with Gasteiger partial charge in [-0.15, -0.1) is 0 Å². The van der Waals surface area contributed by atoms with Gasteiger partial charge in [0.05, 0.1) is 0 Å². The summed E-state index contributed by atoms with van der Waals surface area (Å²) in [5, 5.41) is 0. The second kappa shape index (κ2) is 5.76. The molecule has 0 saturated heterocycles. The molecule has 2 aliphatic carbocycles. The highest BCUT2D eigenvalue weighted by atomic mass is 14.4. The Balaban J connectivity index is 1.82. The van der Waals surface area contributed by atoms with E-state index >= 15 is 0 Å². The molecular formula is C17H32. The molecular weight excluding hydrogens is 204 g/mol. The fraction of sp³-hybridized carbons (Fsp3) is 1.00. The van der Waals surface area contributed by atoms with Crippen LogP contribution in [0, 0.1) is 35.5 Å². The van der Waals surface area contributed by atoms with Crippen molar-refractivity contribution in [2.45, 2.75) is 72.6 Å². The molecule has 2 fully saturated rings. The van der Waals surface area contributed by atoms with Gasteiger partial charge < -0.3 is 0 Å². The van der Waals surface area contributed by atoms with Crippen LogP contribution in [0.2, 0.25) is 0 Å². The summed E-state index contributed by atoms with van der Waals surface area (Å²) in [7, 11) is 0. The largest absolute Gasteiger partial charge is 0.0625 e. The predicted molar refractivity (Wildman–Crippen MR) is 76.0 cm³/mol. The van der Waals surface area contributed by atoms with Crippen LogP contribution < -0.4 is 0 Å². The van der Waals surface area contributed by atoms with Gasteiger partial charge in [0.25, 0.3) is 0 Å². The molecule has 0 radical (unpaired) electrons. The Morgan fingerprint density at radius 3 is 2.00 bits per heavy atom. The monoisotopic (exact) mass is 236 g/mol. The van der Waals surface area contributed by atoms with Gasteiger partial charge in [0.2, 0.25) is 0 Å². The molecule has 2 saturated carbocycles. The normalized spacial score (nSPS) is 48.0. The van der Waals surface area contributed by atoms with E-state index in [4.69, 9.17) is 0 Å². The standard InChI is InChI=1S/C17H32/c1-12-5-8-16(9-6-12)11-17-10-7-13(2)14(3)15(17)4/h12-17H,5-11H2,1-4H3. The molecule has 17 heavy (non-hydrogen) atoms. The van der Waals surface area contributed by atoms with Gasteiger partial charge in [0.15, 0.2) is 0 Å². The summed E-state index contributed by atoms with van der Waals surface area (Å²) in [6, 6.07) is 0. The van der Waals surface area contributed by atoms with Crippen LogP contribution in [0.5, 0.6) is 0 Å². The van der Waals surface area contributed by atoms with Crippen LogP contribution in [0.4, 0.5) is 0 Å². The summed E-state index contributed by atoms with van der Waals surface area (Å²) >= 11 is 0. The highest BCUT2D eigenvalue weighted by Crippen LogP contribution is 2.43. The van der Waals surface area contributed by atoms with E-state index in [1.165, 1.54) is 38.5 Å². The van der Waals surface area contributed by atoms with Crippen LogP contribution in [0.3, 0.4) is 0 Å². The number of rotatable bonds is 2. The summed E-state index contributed by atoms with van der Waals surface area (Å²) in [6.07, 6.45) is 10.6. The van der Waals surface area contributed by atoms with Crippen molar-refractivity contribution in [3.8, 4) is 0 Å². The Bertz CT molecular complexity index is 224. The Labute approximate surface area is 109 Å². The molecule has 0 aromatic heterocycles. The third-order valence-electron chi connectivity index (χ3n) is 6.23. The first kappa shape index (κ1) is 13.4. The molecule has 2 rings (SSSR count). The maximum atomic E-state index is 2.52. The zero-order valence-electron chi connectivity index (χ0n) is 12.4. The van der Waals surface area contributed by atoms with Gasteiger partial charge in [-0.05, 0) is 48.3 Å². The number of hydrogen-bond donors (Lipinski definition) is 0. The summed E-state index contributed by atoms with van der Waals surface area (Å²) in [5.74, 6) is 6.01. The average Bonchev–Trinajstić information content (AvgIpc) is 2.33. The maximum Gasteiger partial charge on any atom is -0.0383 e. The lowest BCUT2D eigenvalue weighted by molar-refractivity contribution is 0.0960. The zero-order valence-corrected chi connectivity index (χ0v) is 12.4. The SMILES string of the molecule is CC1CCC(CC2CCC(C)C(C)C2C)CC1. The van der Waals surface area contributed by atoms with Crippen LogP contribution >= 0.6 is 0 Å². The minimum absolute atomic E-state index is 0.955. The van der Waals surface area contributed by atoms with Crippen LogP contribution in [-0.4, -0.2) is 0 Å². The fourth-order valence-corrected chi connectivity index (χ4v) is 4.28. The highest BCUT2D eigenvalue weighted by molar-refractivity contribution is 4.83. The molecule has 0 nitrogen and oxygen atoms in total. The van der Waals surface area contributed by atoms with E-state index in [0.717, 1.165) is 35.5 Å². The second-order valence-electron chi connectivity index (χ2n) is 7.39. The van der Waals surface area contributed by atoms with Gasteiger partial charge >= 0.3 is 0 Å². The van der Waals surface area contributed by atoms with Crippen molar-refractivity contribution in [2.24, 2.45) is 35.5 Å². The van der Waals surface area contributed by atoms with E-state index in [0.29, 0.717) is 0 Å². The molecule has 0 amide bonds. The molecule has 100 valence electrons. The van der Waals surface area contributed by atoms with Crippen molar-refractivity contribution < 1.29 is 0 Å². The average molecular weight is 236 g/mol. The van der Waals surface area contributed by atoms with Gasteiger partial charge in [-0.25, -0.2) is 0 Å². The molecule has 2 aliphatic rings. The van der Waals surface area contributed by atoms with Crippen LogP contribution in [0.25, 0.3) is 0 Å². The first-order chi connectivity index (χ1) is 8.08. The lowest BCUT2D eigenvalue weighted by atomic mass is 9.65. The third-order valence-corrected chi connectivity index (χ3v) is 6.23. The predicted octanol–water partition coefficient (Wildman–Crippen LogP) is 5.52. The summed E-state index contributed by atoms with van der Waals surface area (Å²) < 4.78 is 0. The lowest BCUT2D eigenvalue weighted by Crippen LogP contribution is -2.31. The fourth-order valence-electron chi connectivity index (χ4n) is 4.28. The third kappa shape index (κ3) is 3.26. The van der Waals surface area contributed by atoms with Gasteiger partial charge in [0, 0.05) is 0 Å². The topological polar surface area (TPSA) is 0 Å². The summed E-state index contributed by atoms with van der Waals surface area (Å²) in [5.41, 5.74) is 0. The quantitative estimate of drug-likeness (QED) is 0.592. The molecule has 0 heteroatoms. The van der Waals surface area contributed by atoms with Crippen LogP contribution in [0.15, 0.2) is 0 Å². The van der Waals surface area contributed by atoms with Gasteiger partial charge in [-0.2, -0.15) is 0 Å². The lowest BCUT2D eigenvalue weighted by Gasteiger charge is -2.41. The van der Waals surface area contributed by atoms with Crippen molar-refractivity contribution in [3.63, 3.8) is 0 Å². The van der Waals surface area contributed by atoms with E-state index in [9.17, 15) is 0 Å². The molecule has 0 aliphatic heterocycles. The van der Waals surface area contributed by atoms with Crippen molar-refractivity contribution in [2.75, 3.05) is 0 Å². The smallest absolute Gasteiger partial charge is 0.0383 e. The van der Waals surface area contributed by atoms with E-state index in [1.807, 2.05) is 0 Å². The Kier molecular flexibility index (Phi) is 4.55. The highest BCUT2D eigenvalue weighted by Gasteiger charge is 2.33. The van der Waals surface area contributed by atoms with Crippen molar-refractivity contribution in [3.05, 3.63) is 0 Å². The van der Waals surface area contributed by atoms with E-state index in [1.54, 1.807) is 6.42 Å². The molecule has 0 bridgehead atoms. The van der Waals surface area contributed by atoms with E-state index in [-0.39, 0.29) is 0 Å². The summed E-state index contributed by atoms with van der Waals surface area (Å²) in [6.45, 7) is 9.91. The first-order valence-corrected chi connectivity index (χ1v) is 8.08. The summed E-state index contributed by atoms with van der Waals surface area (Å²) in [4.78, 5) is 0. The van der Waals surface area contributed by atoms with E-state index in [2.05, 4.69) is 27.7 Å². The first-order valence-electron chi connectivity index (χ1n) is 8.08. The molecule has 0 N–H and O–H groups in total. The van der Waals surface area contributed by atoms with Crippen molar-refractivity contribution in [1.29, 1.82) is 0 Å². The molecule has 4 atom stereocenters. The molecule has 0 heterocycles. The Morgan fingerprint density at radius 2 is 1.35 bits per heavy atom. The minimum atomic E-state index is 0.955. The maximum absolute atomic E-state index is 2.52. The van der Waals surface area contributed by atoms with Crippen molar-refractivity contribution >= 4 is 0 Å². The van der Waals surface area contributed by atoms with Gasteiger partial charge in [0.1, 0.15) is 0 Å². The molecule has 0 aromatic rings. The van der Waals surface area contributed by atoms with Crippen LogP contribution in [0.1, 0.15) is 72.6 Å². The van der Waals surface area contributed by atoms with Gasteiger partial charge in [-0.3, -0.25) is 0 Å². The molecule has 0 aromatic carbocycles. The molecule has 0 spiro atoms. The Hall–Kier alpha value is 0. The second-order valence-corrected chi connectivity index (χ2v) is 7.39. The molecule has 4 unspecified atom stereocenters.